The van der Waals surface area contributed by atoms with E-state index in [9.17, 15) is 13.2 Å². The van der Waals surface area contributed by atoms with Crippen LogP contribution in [0.4, 0.5) is 0 Å². The van der Waals surface area contributed by atoms with Gasteiger partial charge < -0.3 is 11.1 Å². The third kappa shape index (κ3) is 4.27. The quantitative estimate of drug-likeness (QED) is 0.716. The van der Waals surface area contributed by atoms with Crippen molar-refractivity contribution < 1.29 is 13.2 Å². The van der Waals surface area contributed by atoms with Gasteiger partial charge in [-0.1, -0.05) is 13.8 Å². The maximum absolute atomic E-state index is 11.8. The molecule has 0 radical (unpaired) electrons. The van der Waals surface area contributed by atoms with Gasteiger partial charge in [0.25, 0.3) is 0 Å². The Morgan fingerprint density at radius 3 is 2.53 bits per heavy atom. The molecule has 0 spiro atoms. The Morgan fingerprint density at radius 2 is 2.12 bits per heavy atom. The third-order valence-corrected chi connectivity index (χ3v) is 5.12. The lowest BCUT2D eigenvalue weighted by atomic mass is 9.95. The van der Waals surface area contributed by atoms with Crippen LogP contribution < -0.4 is 11.1 Å². The van der Waals surface area contributed by atoms with Crippen LogP contribution >= 0.6 is 0 Å². The largest absolute Gasteiger partial charge is 0.356 e. The normalized spacial score (nSPS) is 24.8. The van der Waals surface area contributed by atoms with Crippen molar-refractivity contribution in [3.8, 4) is 0 Å². The SMILES string of the molecule is CC(C)C(CN)C(=O)NCC1CCS(=O)(=O)C1. The summed E-state index contributed by atoms with van der Waals surface area (Å²) in [7, 11) is -2.86. The Hall–Kier alpha value is -0.620. The minimum absolute atomic E-state index is 0.0632. The molecule has 0 aromatic rings. The molecule has 6 heteroatoms. The summed E-state index contributed by atoms with van der Waals surface area (Å²) in [6.07, 6.45) is 0.650. The molecule has 2 unspecified atom stereocenters. The fourth-order valence-corrected chi connectivity index (χ4v) is 3.95. The lowest BCUT2D eigenvalue weighted by Gasteiger charge is -2.19. The molecular formula is C11H22N2O3S. The Bertz CT molecular complexity index is 365. The maximum atomic E-state index is 11.8. The summed E-state index contributed by atoms with van der Waals surface area (Å²) in [6.45, 7) is 4.68. The van der Waals surface area contributed by atoms with Crippen molar-refractivity contribution in [2.75, 3.05) is 24.6 Å². The highest BCUT2D eigenvalue weighted by Crippen LogP contribution is 2.17. The Kier molecular flexibility index (Phi) is 4.94. The minimum atomic E-state index is -2.86. The van der Waals surface area contributed by atoms with E-state index >= 15 is 0 Å². The van der Waals surface area contributed by atoms with Crippen molar-refractivity contribution in [2.24, 2.45) is 23.5 Å². The number of amides is 1. The molecule has 1 saturated heterocycles. The first-order valence-corrected chi connectivity index (χ1v) is 7.86. The van der Waals surface area contributed by atoms with Crippen molar-refractivity contribution >= 4 is 15.7 Å². The van der Waals surface area contributed by atoms with Gasteiger partial charge in [-0.2, -0.15) is 0 Å². The first-order chi connectivity index (χ1) is 7.85. The molecule has 0 aromatic carbocycles. The van der Waals surface area contributed by atoms with Gasteiger partial charge in [-0.25, -0.2) is 8.42 Å². The van der Waals surface area contributed by atoms with E-state index in [1.165, 1.54) is 0 Å². The van der Waals surface area contributed by atoms with E-state index in [0.29, 0.717) is 19.5 Å². The Labute approximate surface area is 103 Å². The third-order valence-electron chi connectivity index (χ3n) is 3.29. The number of carbonyl (C=O) groups is 1. The van der Waals surface area contributed by atoms with Crippen LogP contribution in [0, 0.1) is 17.8 Å². The molecule has 1 heterocycles. The molecule has 1 aliphatic heterocycles. The van der Waals surface area contributed by atoms with Crippen molar-refractivity contribution in [2.45, 2.75) is 20.3 Å². The molecule has 3 N–H and O–H groups in total. The van der Waals surface area contributed by atoms with Crippen LogP contribution in [0.2, 0.25) is 0 Å². The molecule has 0 aliphatic carbocycles. The number of hydrogen-bond donors (Lipinski definition) is 2. The van der Waals surface area contributed by atoms with Gasteiger partial charge in [-0.3, -0.25) is 4.79 Å². The van der Waals surface area contributed by atoms with Crippen molar-refractivity contribution in [3.63, 3.8) is 0 Å². The van der Waals surface area contributed by atoms with Gasteiger partial charge in [-0.15, -0.1) is 0 Å². The van der Waals surface area contributed by atoms with E-state index in [1.54, 1.807) is 0 Å². The highest BCUT2D eigenvalue weighted by atomic mass is 32.2. The zero-order chi connectivity index (χ0) is 13.1. The number of carbonyl (C=O) groups excluding carboxylic acids is 1. The van der Waals surface area contributed by atoms with Crippen LogP contribution in [0.5, 0.6) is 0 Å². The lowest BCUT2D eigenvalue weighted by molar-refractivity contribution is -0.126. The number of nitrogens with two attached hydrogens (primary N) is 1. The average molecular weight is 262 g/mol. The number of nitrogens with one attached hydrogen (secondary N) is 1. The summed E-state index contributed by atoms with van der Waals surface area (Å²) in [5.74, 6) is 0.460. The van der Waals surface area contributed by atoms with Crippen LogP contribution in [0.1, 0.15) is 20.3 Å². The molecule has 0 bridgehead atoms. The zero-order valence-corrected chi connectivity index (χ0v) is 11.3. The standard InChI is InChI=1S/C11H22N2O3S/c1-8(2)10(5-12)11(14)13-6-9-3-4-17(15,16)7-9/h8-10H,3-7,12H2,1-2H3,(H,13,14). The van der Waals surface area contributed by atoms with Gasteiger partial charge in [0.15, 0.2) is 9.84 Å². The molecular weight excluding hydrogens is 240 g/mol. The molecule has 0 saturated carbocycles. The second-order valence-corrected chi connectivity index (χ2v) is 7.33. The second kappa shape index (κ2) is 5.82. The van der Waals surface area contributed by atoms with Crippen LogP contribution in [-0.2, 0) is 14.6 Å². The Morgan fingerprint density at radius 1 is 1.47 bits per heavy atom. The topological polar surface area (TPSA) is 89.3 Å². The first kappa shape index (κ1) is 14.4. The van der Waals surface area contributed by atoms with Crippen LogP contribution in [-0.4, -0.2) is 38.9 Å². The van der Waals surface area contributed by atoms with E-state index in [2.05, 4.69) is 5.32 Å². The number of rotatable bonds is 5. The summed E-state index contributed by atoms with van der Waals surface area (Å²) in [6, 6.07) is 0. The van der Waals surface area contributed by atoms with Crippen LogP contribution in [0.15, 0.2) is 0 Å². The first-order valence-electron chi connectivity index (χ1n) is 6.04. The molecule has 1 aliphatic rings. The zero-order valence-electron chi connectivity index (χ0n) is 10.5. The monoisotopic (exact) mass is 262 g/mol. The van der Waals surface area contributed by atoms with Gasteiger partial charge in [-0.05, 0) is 18.3 Å². The van der Waals surface area contributed by atoms with Gasteiger partial charge in [0.2, 0.25) is 5.91 Å². The fourth-order valence-electron chi connectivity index (χ4n) is 2.09. The van der Waals surface area contributed by atoms with Crippen molar-refractivity contribution in [3.05, 3.63) is 0 Å². The average Bonchev–Trinajstić information content (AvgIpc) is 2.56. The number of sulfone groups is 1. The number of hydrogen-bond acceptors (Lipinski definition) is 4. The summed E-state index contributed by atoms with van der Waals surface area (Å²) in [5.41, 5.74) is 5.54. The molecule has 1 rings (SSSR count). The van der Waals surface area contributed by atoms with Gasteiger partial charge in [0.1, 0.15) is 0 Å². The minimum Gasteiger partial charge on any atom is -0.356 e. The van der Waals surface area contributed by atoms with E-state index in [1.807, 2.05) is 13.8 Å². The lowest BCUT2D eigenvalue weighted by Crippen LogP contribution is -2.40. The molecule has 5 nitrogen and oxygen atoms in total. The molecule has 17 heavy (non-hydrogen) atoms. The fraction of sp³-hybridized carbons (Fsp3) is 0.909. The summed E-state index contributed by atoms with van der Waals surface area (Å²) in [4.78, 5) is 11.8. The van der Waals surface area contributed by atoms with Crippen LogP contribution in [0.25, 0.3) is 0 Å². The van der Waals surface area contributed by atoms with E-state index in [0.717, 1.165) is 0 Å². The molecule has 100 valence electrons. The summed E-state index contributed by atoms with van der Waals surface area (Å²) in [5, 5.41) is 2.81. The summed E-state index contributed by atoms with van der Waals surface area (Å²) < 4.78 is 22.5. The molecule has 0 aromatic heterocycles. The van der Waals surface area contributed by atoms with E-state index in [4.69, 9.17) is 5.73 Å². The molecule has 2 atom stereocenters. The molecule has 1 amide bonds. The van der Waals surface area contributed by atoms with Crippen molar-refractivity contribution in [1.82, 2.24) is 5.32 Å². The van der Waals surface area contributed by atoms with Gasteiger partial charge >= 0.3 is 0 Å². The molecule has 1 fully saturated rings. The predicted octanol–water partition coefficient (Wildman–Crippen LogP) is -0.232. The van der Waals surface area contributed by atoms with Gasteiger partial charge in [0.05, 0.1) is 17.4 Å². The smallest absolute Gasteiger partial charge is 0.224 e. The van der Waals surface area contributed by atoms with E-state index in [-0.39, 0.29) is 35.2 Å². The summed E-state index contributed by atoms with van der Waals surface area (Å²) >= 11 is 0. The van der Waals surface area contributed by atoms with Crippen molar-refractivity contribution in [1.29, 1.82) is 0 Å². The second-order valence-electron chi connectivity index (χ2n) is 5.10. The Balaban J connectivity index is 2.39. The maximum Gasteiger partial charge on any atom is 0.224 e. The highest BCUT2D eigenvalue weighted by Gasteiger charge is 2.29. The highest BCUT2D eigenvalue weighted by molar-refractivity contribution is 7.91. The van der Waals surface area contributed by atoms with Gasteiger partial charge in [0, 0.05) is 13.1 Å². The van der Waals surface area contributed by atoms with Crippen LogP contribution in [0.3, 0.4) is 0 Å². The predicted molar refractivity (Wildman–Crippen MR) is 67.2 cm³/mol. The van der Waals surface area contributed by atoms with E-state index < -0.39 is 9.84 Å².